The van der Waals surface area contributed by atoms with E-state index in [1.54, 1.807) is 24.4 Å². The van der Waals surface area contributed by atoms with Gasteiger partial charge in [-0.2, -0.15) is 0 Å². The summed E-state index contributed by atoms with van der Waals surface area (Å²) in [5.41, 5.74) is 2.36. The highest BCUT2D eigenvalue weighted by Gasteiger charge is 2.20. The lowest BCUT2D eigenvalue weighted by molar-refractivity contribution is 0.387. The number of ether oxygens (including phenoxy) is 1. The fourth-order valence-electron chi connectivity index (χ4n) is 2.17. The van der Waals surface area contributed by atoms with Crippen LogP contribution < -0.4 is 10.1 Å². The molecule has 4 heteroatoms. The highest BCUT2D eigenvalue weighted by Crippen LogP contribution is 2.29. The fourth-order valence-corrected chi connectivity index (χ4v) is 2.17. The summed E-state index contributed by atoms with van der Waals surface area (Å²) in [5.74, 6) is -0.0897. The van der Waals surface area contributed by atoms with Crippen molar-refractivity contribution in [2.75, 3.05) is 7.11 Å². The number of nitrogens with zero attached hydrogens (tertiary/aromatic N) is 1. The van der Waals surface area contributed by atoms with Crippen LogP contribution in [0.3, 0.4) is 0 Å². The van der Waals surface area contributed by atoms with E-state index in [0.29, 0.717) is 11.6 Å². The number of benzene rings is 1. The van der Waals surface area contributed by atoms with Crippen LogP contribution >= 0.6 is 0 Å². The molecule has 1 heterocycles. The summed E-state index contributed by atoms with van der Waals surface area (Å²) in [4.78, 5) is 4.21. The van der Waals surface area contributed by atoms with Crippen molar-refractivity contribution in [3.8, 4) is 16.9 Å². The van der Waals surface area contributed by atoms with Crippen LogP contribution in [0.5, 0.6) is 5.75 Å². The number of pyridine rings is 1. The number of methoxy groups -OCH3 is 1. The highest BCUT2D eigenvalue weighted by atomic mass is 19.1. The lowest BCUT2D eigenvalue weighted by Crippen LogP contribution is -2.15. The molecule has 104 valence electrons. The van der Waals surface area contributed by atoms with Crippen LogP contribution in [0.4, 0.5) is 4.39 Å². The number of nitrogens with one attached hydrogen (secondary N) is 1. The zero-order chi connectivity index (χ0) is 13.9. The van der Waals surface area contributed by atoms with Crippen molar-refractivity contribution in [1.82, 2.24) is 10.3 Å². The average molecular weight is 272 g/mol. The van der Waals surface area contributed by atoms with Gasteiger partial charge in [-0.15, -0.1) is 0 Å². The van der Waals surface area contributed by atoms with Crippen molar-refractivity contribution in [3.63, 3.8) is 0 Å². The van der Waals surface area contributed by atoms with Gasteiger partial charge >= 0.3 is 0 Å². The molecule has 0 saturated heterocycles. The van der Waals surface area contributed by atoms with E-state index in [9.17, 15) is 4.39 Å². The Morgan fingerprint density at radius 3 is 2.95 bits per heavy atom. The third-order valence-corrected chi connectivity index (χ3v) is 3.46. The summed E-state index contributed by atoms with van der Waals surface area (Å²) in [6.45, 7) is 0.775. The van der Waals surface area contributed by atoms with Crippen LogP contribution in [0.15, 0.2) is 36.7 Å². The lowest BCUT2D eigenvalue weighted by Gasteiger charge is -2.09. The molecule has 2 aromatic rings. The van der Waals surface area contributed by atoms with Crippen molar-refractivity contribution in [2.24, 2.45) is 0 Å². The standard InChI is InChI=1S/C16H17FN2O/c1-20-15-4-2-3-14(16(15)17)12-7-11(8-18-10-12)9-19-13-5-6-13/h2-4,7-8,10,13,19H,5-6,9H2,1H3. The Balaban J connectivity index is 1.87. The molecule has 0 aliphatic heterocycles. The molecule has 1 aliphatic rings. The molecule has 1 aromatic carbocycles. The topological polar surface area (TPSA) is 34.1 Å². The van der Waals surface area contributed by atoms with E-state index in [-0.39, 0.29) is 11.6 Å². The van der Waals surface area contributed by atoms with E-state index in [4.69, 9.17) is 4.74 Å². The van der Waals surface area contributed by atoms with Gasteiger partial charge in [-0.05, 0) is 30.5 Å². The molecule has 20 heavy (non-hydrogen) atoms. The second kappa shape index (κ2) is 5.59. The number of hydrogen-bond acceptors (Lipinski definition) is 3. The molecule has 0 spiro atoms. The Morgan fingerprint density at radius 1 is 1.35 bits per heavy atom. The van der Waals surface area contributed by atoms with Crippen LogP contribution in [-0.2, 0) is 6.54 Å². The van der Waals surface area contributed by atoms with Gasteiger partial charge in [-0.3, -0.25) is 4.98 Å². The first-order chi connectivity index (χ1) is 9.78. The smallest absolute Gasteiger partial charge is 0.172 e. The maximum atomic E-state index is 14.2. The molecular formula is C16H17FN2O. The van der Waals surface area contributed by atoms with Gasteiger partial charge < -0.3 is 10.1 Å². The van der Waals surface area contributed by atoms with Gasteiger partial charge in [-0.1, -0.05) is 12.1 Å². The predicted molar refractivity (Wildman–Crippen MR) is 76.0 cm³/mol. The Labute approximate surface area is 117 Å². The number of hydrogen-bond donors (Lipinski definition) is 1. The minimum atomic E-state index is -0.343. The van der Waals surface area contributed by atoms with Crippen LogP contribution in [0.25, 0.3) is 11.1 Å². The maximum absolute atomic E-state index is 14.2. The first kappa shape index (κ1) is 13.1. The summed E-state index contributed by atoms with van der Waals surface area (Å²) in [6, 6.07) is 7.76. The second-order valence-electron chi connectivity index (χ2n) is 5.06. The molecule has 1 fully saturated rings. The van der Waals surface area contributed by atoms with Gasteiger partial charge in [0, 0.05) is 36.1 Å². The molecule has 1 aliphatic carbocycles. The van der Waals surface area contributed by atoms with Crippen LogP contribution in [0.2, 0.25) is 0 Å². The largest absolute Gasteiger partial charge is 0.494 e. The first-order valence-electron chi connectivity index (χ1n) is 6.78. The Morgan fingerprint density at radius 2 is 2.20 bits per heavy atom. The Bertz CT molecular complexity index is 611. The molecule has 1 saturated carbocycles. The van der Waals surface area contributed by atoms with Crippen molar-refractivity contribution >= 4 is 0 Å². The minimum absolute atomic E-state index is 0.254. The molecule has 1 aromatic heterocycles. The molecular weight excluding hydrogens is 255 g/mol. The summed E-state index contributed by atoms with van der Waals surface area (Å²) in [6.07, 6.45) is 5.99. The van der Waals surface area contributed by atoms with Crippen molar-refractivity contribution < 1.29 is 9.13 Å². The zero-order valence-corrected chi connectivity index (χ0v) is 11.4. The lowest BCUT2D eigenvalue weighted by atomic mass is 10.0. The van der Waals surface area contributed by atoms with Crippen LogP contribution in [0, 0.1) is 5.82 Å². The van der Waals surface area contributed by atoms with E-state index >= 15 is 0 Å². The van der Waals surface area contributed by atoms with E-state index in [2.05, 4.69) is 10.3 Å². The van der Waals surface area contributed by atoms with Gasteiger partial charge in [0.05, 0.1) is 7.11 Å². The van der Waals surface area contributed by atoms with Gasteiger partial charge in [0.25, 0.3) is 0 Å². The zero-order valence-electron chi connectivity index (χ0n) is 11.4. The Kier molecular flexibility index (Phi) is 3.65. The highest BCUT2D eigenvalue weighted by molar-refractivity contribution is 5.65. The molecule has 3 nitrogen and oxygen atoms in total. The van der Waals surface area contributed by atoms with Gasteiger partial charge in [0.1, 0.15) is 0 Å². The minimum Gasteiger partial charge on any atom is -0.494 e. The van der Waals surface area contributed by atoms with Gasteiger partial charge in [0.15, 0.2) is 11.6 Å². The molecule has 0 atom stereocenters. The average Bonchev–Trinajstić information content (AvgIpc) is 3.30. The van der Waals surface area contributed by atoms with Gasteiger partial charge in [-0.25, -0.2) is 4.39 Å². The molecule has 0 amide bonds. The van der Waals surface area contributed by atoms with Crippen molar-refractivity contribution in [1.29, 1.82) is 0 Å². The monoisotopic (exact) mass is 272 g/mol. The normalized spacial score (nSPS) is 14.3. The number of rotatable bonds is 5. The SMILES string of the molecule is COc1cccc(-c2cncc(CNC3CC3)c2)c1F. The van der Waals surface area contributed by atoms with Crippen molar-refractivity contribution in [3.05, 3.63) is 48.0 Å². The molecule has 3 rings (SSSR count). The molecule has 1 N–H and O–H groups in total. The predicted octanol–water partition coefficient (Wildman–Crippen LogP) is 3.15. The summed E-state index contributed by atoms with van der Waals surface area (Å²) >= 11 is 0. The number of aromatic nitrogens is 1. The second-order valence-corrected chi connectivity index (χ2v) is 5.06. The Hall–Kier alpha value is -1.94. The maximum Gasteiger partial charge on any atom is 0.172 e. The molecule has 0 unspecified atom stereocenters. The van der Waals surface area contributed by atoms with Crippen LogP contribution in [-0.4, -0.2) is 18.1 Å². The molecule has 0 radical (unpaired) electrons. The summed E-state index contributed by atoms with van der Waals surface area (Å²) in [5, 5.41) is 3.43. The third kappa shape index (κ3) is 2.80. The third-order valence-electron chi connectivity index (χ3n) is 3.46. The van der Waals surface area contributed by atoms with E-state index < -0.39 is 0 Å². The summed E-state index contributed by atoms with van der Waals surface area (Å²) < 4.78 is 19.3. The van der Waals surface area contributed by atoms with E-state index in [0.717, 1.165) is 17.7 Å². The first-order valence-corrected chi connectivity index (χ1v) is 6.78. The van der Waals surface area contributed by atoms with Gasteiger partial charge in [0.2, 0.25) is 0 Å². The van der Waals surface area contributed by atoms with Crippen LogP contribution in [0.1, 0.15) is 18.4 Å². The quantitative estimate of drug-likeness (QED) is 0.908. The molecule has 0 bridgehead atoms. The fraction of sp³-hybridized carbons (Fsp3) is 0.312. The van der Waals surface area contributed by atoms with E-state index in [1.807, 2.05) is 12.3 Å². The van der Waals surface area contributed by atoms with Crippen molar-refractivity contribution in [2.45, 2.75) is 25.4 Å². The number of halogens is 1. The summed E-state index contributed by atoms with van der Waals surface area (Å²) in [7, 11) is 1.47. The van der Waals surface area contributed by atoms with E-state index in [1.165, 1.54) is 20.0 Å².